The largest absolute Gasteiger partial charge is 0.339 e. The summed E-state index contributed by atoms with van der Waals surface area (Å²) in [5.74, 6) is 0. The van der Waals surface area contributed by atoms with Gasteiger partial charge in [0.2, 0.25) is 0 Å². The molecule has 0 radical (unpaired) electrons. The van der Waals surface area contributed by atoms with Gasteiger partial charge in [0, 0.05) is 0 Å². The van der Waals surface area contributed by atoms with Gasteiger partial charge in [-0.15, -0.1) is 0 Å². The molecular formula is C13H12N4O2. The van der Waals surface area contributed by atoms with Crippen molar-refractivity contribution in [2.45, 2.75) is 13.0 Å². The van der Waals surface area contributed by atoms with Crippen molar-refractivity contribution in [3.63, 3.8) is 0 Å². The van der Waals surface area contributed by atoms with Gasteiger partial charge in [-0.1, -0.05) is 30.3 Å². The lowest BCUT2D eigenvalue weighted by molar-refractivity contribution is 0.584. The Morgan fingerprint density at radius 3 is 2.68 bits per heavy atom. The van der Waals surface area contributed by atoms with Crippen molar-refractivity contribution in [1.82, 2.24) is 19.5 Å². The zero-order valence-electron chi connectivity index (χ0n) is 10.3. The maximum atomic E-state index is 12.3. The van der Waals surface area contributed by atoms with Gasteiger partial charge in [0.15, 0.2) is 5.65 Å². The maximum absolute atomic E-state index is 12.3. The van der Waals surface area contributed by atoms with E-state index in [9.17, 15) is 9.59 Å². The van der Waals surface area contributed by atoms with E-state index in [1.165, 1.54) is 10.9 Å². The zero-order chi connectivity index (χ0) is 13.4. The van der Waals surface area contributed by atoms with Gasteiger partial charge in [-0.25, -0.2) is 9.78 Å². The van der Waals surface area contributed by atoms with E-state index in [1.54, 1.807) is 0 Å². The van der Waals surface area contributed by atoms with Crippen LogP contribution in [0.25, 0.3) is 11.2 Å². The van der Waals surface area contributed by atoms with Crippen LogP contribution in [0.1, 0.15) is 18.5 Å². The van der Waals surface area contributed by atoms with Crippen molar-refractivity contribution >= 4 is 11.2 Å². The van der Waals surface area contributed by atoms with Crippen LogP contribution >= 0.6 is 0 Å². The first-order valence-corrected chi connectivity index (χ1v) is 5.91. The smallest absolute Gasteiger partial charge is 0.330 e. The second-order valence-corrected chi connectivity index (χ2v) is 4.32. The van der Waals surface area contributed by atoms with Gasteiger partial charge in [-0.2, -0.15) is 0 Å². The minimum atomic E-state index is -0.457. The number of nitrogens with one attached hydrogen (secondary N) is 2. The molecule has 3 aromatic rings. The van der Waals surface area contributed by atoms with Crippen molar-refractivity contribution in [2.24, 2.45) is 0 Å². The third-order valence-electron chi connectivity index (χ3n) is 3.19. The van der Waals surface area contributed by atoms with Crippen LogP contribution in [0.3, 0.4) is 0 Å². The molecule has 0 amide bonds. The van der Waals surface area contributed by atoms with Crippen molar-refractivity contribution in [2.75, 3.05) is 0 Å². The van der Waals surface area contributed by atoms with Crippen LogP contribution in [0.2, 0.25) is 0 Å². The summed E-state index contributed by atoms with van der Waals surface area (Å²) in [4.78, 5) is 33.5. The fraction of sp³-hybridized carbons (Fsp3) is 0.154. The van der Waals surface area contributed by atoms with Gasteiger partial charge in [-0.3, -0.25) is 14.3 Å². The van der Waals surface area contributed by atoms with Gasteiger partial charge in [0.25, 0.3) is 5.56 Å². The van der Waals surface area contributed by atoms with E-state index in [-0.39, 0.29) is 17.2 Å². The van der Waals surface area contributed by atoms with Crippen molar-refractivity contribution in [3.05, 3.63) is 63.1 Å². The highest BCUT2D eigenvalue weighted by Gasteiger charge is 2.15. The Hall–Kier alpha value is -2.63. The Bertz CT molecular complexity index is 829. The van der Waals surface area contributed by atoms with E-state index >= 15 is 0 Å². The number of aromatic amines is 2. The predicted octanol–water partition coefficient (Wildman–Crippen LogP) is 1.02. The number of nitrogens with zero attached hydrogens (tertiary/aromatic N) is 2. The number of imidazole rings is 1. The van der Waals surface area contributed by atoms with Gasteiger partial charge >= 0.3 is 5.69 Å². The van der Waals surface area contributed by atoms with Gasteiger partial charge in [0.1, 0.15) is 5.52 Å². The molecule has 0 saturated heterocycles. The second kappa shape index (κ2) is 4.24. The highest BCUT2D eigenvalue weighted by atomic mass is 16.2. The predicted molar refractivity (Wildman–Crippen MR) is 71.2 cm³/mol. The fourth-order valence-electron chi connectivity index (χ4n) is 2.16. The average molecular weight is 256 g/mol. The monoisotopic (exact) mass is 256 g/mol. The molecule has 0 fully saturated rings. The summed E-state index contributed by atoms with van der Waals surface area (Å²) in [6, 6.07) is 9.06. The summed E-state index contributed by atoms with van der Waals surface area (Å²) in [6.45, 7) is 1.81. The standard InChI is InChI=1S/C13H12N4O2/c1-8(9-5-3-2-4-6-9)17-12(18)10-11(15-7-14-10)16-13(17)19/h2-8H,1H3,(H,14,15)(H,16,19). The summed E-state index contributed by atoms with van der Waals surface area (Å²) in [5, 5.41) is 0. The molecule has 1 unspecified atom stereocenters. The fourth-order valence-corrected chi connectivity index (χ4v) is 2.16. The SMILES string of the molecule is CC(c1ccccc1)n1c(=O)[nH]c2nc[nH]c2c1=O. The Labute approximate surface area is 107 Å². The molecule has 2 N–H and O–H groups in total. The van der Waals surface area contributed by atoms with Crippen LogP contribution in [0.15, 0.2) is 46.2 Å². The van der Waals surface area contributed by atoms with Gasteiger partial charge < -0.3 is 4.98 Å². The summed E-state index contributed by atoms with van der Waals surface area (Å²) in [6.07, 6.45) is 1.39. The normalized spacial score (nSPS) is 12.7. The molecule has 0 aliphatic carbocycles. The van der Waals surface area contributed by atoms with Crippen LogP contribution < -0.4 is 11.2 Å². The molecule has 1 aromatic carbocycles. The number of hydrogen-bond acceptors (Lipinski definition) is 3. The Morgan fingerprint density at radius 2 is 1.95 bits per heavy atom. The lowest BCUT2D eigenvalue weighted by atomic mass is 10.1. The molecule has 2 aromatic heterocycles. The Kier molecular flexibility index (Phi) is 2.56. The number of H-pyrrole nitrogens is 2. The number of fused-ring (bicyclic) bond motifs is 1. The van der Waals surface area contributed by atoms with Crippen molar-refractivity contribution < 1.29 is 0 Å². The number of benzene rings is 1. The van der Waals surface area contributed by atoms with Crippen LogP contribution in [0.4, 0.5) is 0 Å². The number of hydrogen-bond donors (Lipinski definition) is 2. The minimum Gasteiger partial charge on any atom is -0.339 e. The average Bonchev–Trinajstić information content (AvgIpc) is 2.88. The molecule has 1 atom stereocenters. The lowest BCUT2D eigenvalue weighted by Crippen LogP contribution is -2.37. The van der Waals surface area contributed by atoms with Crippen molar-refractivity contribution in [3.8, 4) is 0 Å². The summed E-state index contributed by atoms with van der Waals surface area (Å²) >= 11 is 0. The topological polar surface area (TPSA) is 83.5 Å². The Morgan fingerprint density at radius 1 is 1.21 bits per heavy atom. The molecule has 0 spiro atoms. The van der Waals surface area contributed by atoms with E-state index in [0.29, 0.717) is 5.52 Å². The minimum absolute atomic E-state index is 0.284. The van der Waals surface area contributed by atoms with E-state index in [4.69, 9.17) is 0 Å². The molecule has 0 bridgehead atoms. The molecule has 0 saturated carbocycles. The highest BCUT2D eigenvalue weighted by Crippen LogP contribution is 2.13. The van der Waals surface area contributed by atoms with E-state index in [1.807, 2.05) is 37.3 Å². The van der Waals surface area contributed by atoms with Crippen molar-refractivity contribution in [1.29, 1.82) is 0 Å². The summed E-state index contributed by atoms with van der Waals surface area (Å²) in [5.41, 5.74) is 0.663. The first-order valence-electron chi connectivity index (χ1n) is 5.91. The molecular weight excluding hydrogens is 244 g/mol. The summed E-state index contributed by atoms with van der Waals surface area (Å²) < 4.78 is 1.19. The molecule has 6 heteroatoms. The maximum Gasteiger partial charge on any atom is 0.330 e. The van der Waals surface area contributed by atoms with Gasteiger partial charge in [-0.05, 0) is 12.5 Å². The molecule has 2 heterocycles. The molecule has 19 heavy (non-hydrogen) atoms. The molecule has 96 valence electrons. The second-order valence-electron chi connectivity index (χ2n) is 4.32. The number of aromatic nitrogens is 4. The van der Waals surface area contributed by atoms with E-state index in [2.05, 4.69) is 15.0 Å². The molecule has 3 rings (SSSR count). The zero-order valence-corrected chi connectivity index (χ0v) is 10.3. The molecule has 0 aliphatic rings. The molecule has 0 aliphatic heterocycles. The van der Waals surface area contributed by atoms with Gasteiger partial charge in [0.05, 0.1) is 12.4 Å². The quantitative estimate of drug-likeness (QED) is 0.718. The lowest BCUT2D eigenvalue weighted by Gasteiger charge is -2.13. The molecule has 6 nitrogen and oxygen atoms in total. The van der Waals surface area contributed by atoms with Crippen LogP contribution in [-0.4, -0.2) is 19.5 Å². The first-order chi connectivity index (χ1) is 9.18. The van der Waals surface area contributed by atoms with E-state index < -0.39 is 5.69 Å². The van der Waals surface area contributed by atoms with E-state index in [0.717, 1.165) is 5.56 Å². The van der Waals surface area contributed by atoms with Crippen LogP contribution in [-0.2, 0) is 0 Å². The first kappa shape index (κ1) is 11.5. The third kappa shape index (κ3) is 1.77. The van der Waals surface area contributed by atoms with Crippen LogP contribution in [0.5, 0.6) is 0 Å². The highest BCUT2D eigenvalue weighted by molar-refractivity contribution is 5.67. The summed E-state index contributed by atoms with van der Waals surface area (Å²) in [7, 11) is 0. The number of rotatable bonds is 2. The third-order valence-corrected chi connectivity index (χ3v) is 3.19. The Balaban J connectivity index is 2.26. The van der Waals surface area contributed by atoms with Crippen LogP contribution in [0, 0.1) is 0 Å².